The Labute approximate surface area is 91.9 Å². The summed E-state index contributed by atoms with van der Waals surface area (Å²) >= 11 is 0. The van der Waals surface area contributed by atoms with Gasteiger partial charge in [0, 0.05) is 6.54 Å². The monoisotopic (exact) mass is 201 g/mol. The molecule has 88 valence electrons. The minimum Gasteiger partial charge on any atom is -0.306 e. The van der Waals surface area contributed by atoms with E-state index >= 15 is 0 Å². The van der Waals surface area contributed by atoms with Gasteiger partial charge in [0.2, 0.25) is 0 Å². The van der Waals surface area contributed by atoms with Crippen molar-refractivity contribution in [1.82, 2.24) is 4.90 Å². The van der Waals surface area contributed by atoms with Crippen LogP contribution in [0.2, 0.25) is 0 Å². The van der Waals surface area contributed by atoms with Gasteiger partial charge in [-0.2, -0.15) is 0 Å². The van der Waals surface area contributed by atoms with E-state index < -0.39 is 0 Å². The highest BCUT2D eigenvalue weighted by molar-refractivity contribution is 4.86. The first-order chi connectivity index (χ1) is 6.72. The lowest BCUT2D eigenvalue weighted by molar-refractivity contribution is 0.261. The molecule has 1 aliphatic rings. The van der Waals surface area contributed by atoms with Crippen molar-refractivity contribution in [2.24, 2.45) is 5.41 Å². The van der Waals surface area contributed by atoms with Gasteiger partial charge in [0.05, 0.1) is 0 Å². The van der Waals surface area contributed by atoms with E-state index in [0.29, 0.717) is 5.41 Å². The summed E-state index contributed by atoms with van der Waals surface area (Å²) in [5, 5.41) is 0. The highest BCUT2D eigenvalue weighted by Crippen LogP contribution is 2.35. The zero-order valence-electron chi connectivity index (χ0n) is 11.5. The molecule has 1 nitrogen and oxygen atoms in total. The van der Waals surface area contributed by atoms with Gasteiger partial charge in [0.25, 0.3) is 0 Å². The fourth-order valence-corrected chi connectivity index (χ4v) is 1.99. The summed E-state index contributed by atoms with van der Waals surface area (Å²) < 4.78 is 0. The highest BCUT2D eigenvalue weighted by atomic mass is 15.1. The summed E-state index contributed by atoms with van der Waals surface area (Å²) in [5.74, 6) is 0. The molecule has 1 saturated heterocycles. The lowest BCUT2D eigenvalue weighted by atomic mass is 9.82. The summed E-state index contributed by atoms with van der Waals surface area (Å²) in [7, 11) is 2.23. The molecule has 0 aliphatic carbocycles. The molecule has 0 unspecified atom stereocenters. The first-order valence-corrected chi connectivity index (χ1v) is 6.41. The highest BCUT2D eigenvalue weighted by Gasteiger charge is 2.32. The van der Waals surface area contributed by atoms with Crippen LogP contribution in [0.15, 0.2) is 0 Å². The normalized spacial score (nSPS) is 19.1. The van der Waals surface area contributed by atoms with Crippen molar-refractivity contribution in [2.75, 3.05) is 20.1 Å². The van der Waals surface area contributed by atoms with Gasteiger partial charge in [-0.15, -0.1) is 0 Å². The predicted octanol–water partition coefficient (Wildman–Crippen LogP) is 4.18. The maximum atomic E-state index is 2.45. The van der Waals surface area contributed by atoms with Crippen molar-refractivity contribution < 1.29 is 0 Å². The first-order valence-electron chi connectivity index (χ1n) is 6.41. The third kappa shape index (κ3) is 4.99. The maximum Gasteiger partial charge on any atom is 0.00352 e. The minimum absolute atomic E-state index is 0.675. The van der Waals surface area contributed by atoms with Crippen LogP contribution >= 0.6 is 0 Å². The number of hydrogen-bond donors (Lipinski definition) is 0. The van der Waals surface area contributed by atoms with Gasteiger partial charge in [0.1, 0.15) is 0 Å². The second-order valence-corrected chi connectivity index (χ2v) is 3.69. The third-order valence-electron chi connectivity index (χ3n) is 3.13. The molecule has 0 aromatic heterocycles. The Kier molecular flexibility index (Phi) is 11.1. The average molecular weight is 201 g/mol. The number of likely N-dealkylation sites (tertiary alicyclic amines) is 1. The Balaban J connectivity index is 0. The molecule has 1 heteroatoms. The molecule has 0 bridgehead atoms. The Morgan fingerprint density at radius 3 is 1.57 bits per heavy atom. The van der Waals surface area contributed by atoms with E-state index in [0.717, 1.165) is 0 Å². The molecule has 0 saturated carbocycles. The molecule has 0 aromatic carbocycles. The predicted molar refractivity (Wildman–Crippen MR) is 67.8 cm³/mol. The summed E-state index contributed by atoms with van der Waals surface area (Å²) in [6.07, 6.45) is 4.12. The van der Waals surface area contributed by atoms with Crippen molar-refractivity contribution in [3.63, 3.8) is 0 Å². The van der Waals surface area contributed by atoms with Crippen LogP contribution in [0.4, 0.5) is 0 Å². The number of nitrogens with zero attached hydrogens (tertiary/aromatic N) is 1. The molecular weight excluding hydrogens is 170 g/mol. The van der Waals surface area contributed by atoms with Gasteiger partial charge in [0.15, 0.2) is 0 Å². The zero-order chi connectivity index (χ0) is 11.6. The lowest BCUT2D eigenvalue weighted by Crippen LogP contribution is -2.23. The number of rotatable bonds is 2. The Hall–Kier alpha value is -0.0400. The van der Waals surface area contributed by atoms with E-state index in [2.05, 4.69) is 25.8 Å². The molecule has 0 amide bonds. The lowest BCUT2D eigenvalue weighted by Gasteiger charge is -2.25. The van der Waals surface area contributed by atoms with Crippen LogP contribution in [0.25, 0.3) is 0 Å². The maximum absolute atomic E-state index is 2.45. The van der Waals surface area contributed by atoms with E-state index in [1.807, 2.05) is 27.7 Å². The molecule has 0 N–H and O–H groups in total. The largest absolute Gasteiger partial charge is 0.306 e. The van der Waals surface area contributed by atoms with Gasteiger partial charge in [-0.3, -0.25) is 0 Å². The molecule has 1 aliphatic heterocycles. The van der Waals surface area contributed by atoms with Gasteiger partial charge in [-0.05, 0) is 38.3 Å². The van der Waals surface area contributed by atoms with Crippen LogP contribution in [0.5, 0.6) is 0 Å². The van der Waals surface area contributed by atoms with Gasteiger partial charge >= 0.3 is 0 Å². The third-order valence-corrected chi connectivity index (χ3v) is 3.13. The average Bonchev–Trinajstić information content (AvgIpc) is 2.67. The topological polar surface area (TPSA) is 3.24 Å². The molecule has 0 radical (unpaired) electrons. The molecule has 0 atom stereocenters. The van der Waals surface area contributed by atoms with Crippen molar-refractivity contribution >= 4 is 0 Å². The standard InChI is InChI=1S/C9H19N.2C2H6/c1-4-9(5-2)6-7-10(3)8-9;2*1-2/h4-8H2,1-3H3;2*1-2H3. The first kappa shape index (κ1) is 16.4. The molecule has 1 heterocycles. The van der Waals surface area contributed by atoms with Gasteiger partial charge < -0.3 is 4.90 Å². The van der Waals surface area contributed by atoms with Crippen molar-refractivity contribution in [2.45, 2.75) is 60.8 Å². The fourth-order valence-electron chi connectivity index (χ4n) is 1.99. The van der Waals surface area contributed by atoms with Crippen molar-refractivity contribution in [3.8, 4) is 0 Å². The van der Waals surface area contributed by atoms with E-state index in [9.17, 15) is 0 Å². The summed E-state index contributed by atoms with van der Waals surface area (Å²) in [6.45, 7) is 15.3. The van der Waals surface area contributed by atoms with Crippen LogP contribution in [0, 0.1) is 5.41 Å². The summed E-state index contributed by atoms with van der Waals surface area (Å²) in [4.78, 5) is 2.45. The van der Waals surface area contributed by atoms with Crippen LogP contribution in [-0.2, 0) is 0 Å². The van der Waals surface area contributed by atoms with E-state index in [1.54, 1.807) is 0 Å². The Morgan fingerprint density at radius 1 is 1.00 bits per heavy atom. The molecule has 1 fully saturated rings. The fraction of sp³-hybridized carbons (Fsp3) is 1.00. The van der Waals surface area contributed by atoms with E-state index in [4.69, 9.17) is 0 Å². The molecule has 14 heavy (non-hydrogen) atoms. The minimum atomic E-state index is 0.675. The Morgan fingerprint density at radius 2 is 1.43 bits per heavy atom. The SMILES string of the molecule is CC.CC.CCC1(CC)CCN(C)C1. The number of hydrogen-bond acceptors (Lipinski definition) is 1. The molecule has 0 aromatic rings. The molecule has 1 rings (SSSR count). The summed E-state index contributed by atoms with van der Waals surface area (Å²) in [5.41, 5.74) is 0.675. The zero-order valence-corrected chi connectivity index (χ0v) is 11.5. The van der Waals surface area contributed by atoms with Crippen LogP contribution in [0.1, 0.15) is 60.8 Å². The van der Waals surface area contributed by atoms with Crippen LogP contribution in [-0.4, -0.2) is 25.0 Å². The smallest absolute Gasteiger partial charge is 0.00352 e. The van der Waals surface area contributed by atoms with Crippen molar-refractivity contribution in [3.05, 3.63) is 0 Å². The molecular formula is C13H31N. The van der Waals surface area contributed by atoms with E-state index in [1.165, 1.54) is 32.4 Å². The second-order valence-electron chi connectivity index (χ2n) is 3.69. The van der Waals surface area contributed by atoms with Crippen LogP contribution in [0.3, 0.4) is 0 Å². The van der Waals surface area contributed by atoms with Gasteiger partial charge in [-0.1, -0.05) is 41.5 Å². The van der Waals surface area contributed by atoms with Crippen molar-refractivity contribution in [1.29, 1.82) is 0 Å². The molecule has 0 spiro atoms. The van der Waals surface area contributed by atoms with Crippen LogP contribution < -0.4 is 0 Å². The Bertz CT molecular complexity index is 106. The second kappa shape index (κ2) is 9.51. The quantitative estimate of drug-likeness (QED) is 0.648. The van der Waals surface area contributed by atoms with Gasteiger partial charge in [-0.25, -0.2) is 0 Å². The summed E-state index contributed by atoms with van der Waals surface area (Å²) in [6, 6.07) is 0. The van der Waals surface area contributed by atoms with E-state index in [-0.39, 0.29) is 0 Å².